The molecular weight excluding hydrogens is 476 g/mol. The fourth-order valence-corrected chi connectivity index (χ4v) is 9.98. The van der Waals surface area contributed by atoms with Gasteiger partial charge in [0, 0.05) is 18.3 Å². The summed E-state index contributed by atoms with van der Waals surface area (Å²) in [6, 6.07) is 0. The zero-order chi connectivity index (χ0) is 28.4. The van der Waals surface area contributed by atoms with Crippen LogP contribution in [0.15, 0.2) is 23.3 Å². The number of allylic oxidation sites excluding steroid dienone is 3. The molecule has 4 rings (SSSR count). The zero-order valence-corrected chi connectivity index (χ0v) is 25.2. The molecule has 0 bridgehead atoms. The predicted molar refractivity (Wildman–Crippen MR) is 150 cm³/mol. The van der Waals surface area contributed by atoms with Crippen LogP contribution in [0.3, 0.4) is 0 Å². The van der Waals surface area contributed by atoms with Gasteiger partial charge in [0.2, 0.25) is 0 Å². The number of carbonyl (C=O) groups is 2. The van der Waals surface area contributed by atoms with E-state index in [0.29, 0.717) is 31.1 Å². The maximum atomic E-state index is 12.6. The van der Waals surface area contributed by atoms with Crippen molar-refractivity contribution in [2.45, 2.75) is 125 Å². The summed E-state index contributed by atoms with van der Waals surface area (Å²) in [6.07, 6.45) is 6.98. The number of rotatable bonds is 7. The molecular formula is C33H52O5. The Hall–Kier alpha value is -1.62. The van der Waals surface area contributed by atoms with Gasteiger partial charge in [-0.15, -0.1) is 0 Å². The van der Waals surface area contributed by atoms with E-state index < -0.39 is 18.0 Å². The highest BCUT2D eigenvalue weighted by atomic mass is 16.5. The first kappa shape index (κ1) is 29.4. The van der Waals surface area contributed by atoms with Gasteiger partial charge in [-0.1, -0.05) is 71.8 Å². The number of carboxylic acids is 1. The van der Waals surface area contributed by atoms with E-state index in [1.807, 2.05) is 0 Å². The summed E-state index contributed by atoms with van der Waals surface area (Å²) in [6.45, 7) is 21.5. The van der Waals surface area contributed by atoms with E-state index in [0.717, 1.165) is 44.1 Å². The first-order chi connectivity index (χ1) is 17.5. The standard InChI is InChI=1S/C33H52O5/c1-19(2)20(3)10-11-22(29(36)37)28-25(35)18-33(9)24-12-13-26-30(5,6)27(38-21(4)34)15-16-31(26,7)23(24)14-17-32(28,33)8/h19,22,25-28,35H,3,10-18H2,1-2,4-9H3,(H,36,37)/t22-,25-,26+,27+,28+,31-,32-,33+/m0/s1. The van der Waals surface area contributed by atoms with Gasteiger partial charge in [-0.2, -0.15) is 0 Å². The van der Waals surface area contributed by atoms with Crippen LogP contribution >= 0.6 is 0 Å². The van der Waals surface area contributed by atoms with E-state index in [2.05, 4.69) is 55.0 Å². The van der Waals surface area contributed by atoms with E-state index in [1.54, 1.807) is 5.57 Å². The van der Waals surface area contributed by atoms with Crippen LogP contribution in [0, 0.1) is 45.3 Å². The molecule has 0 spiro atoms. The summed E-state index contributed by atoms with van der Waals surface area (Å²) in [5.41, 5.74) is 3.62. The lowest BCUT2D eigenvalue weighted by Gasteiger charge is -2.62. The maximum absolute atomic E-state index is 12.6. The lowest BCUT2D eigenvalue weighted by Crippen LogP contribution is -2.56. The van der Waals surface area contributed by atoms with Crippen molar-refractivity contribution < 1.29 is 24.5 Å². The smallest absolute Gasteiger partial charge is 0.306 e. The Kier molecular flexibility index (Phi) is 7.56. The molecule has 2 N–H and O–H groups in total. The molecule has 5 heteroatoms. The molecule has 0 aromatic heterocycles. The molecule has 0 aromatic rings. The molecule has 8 atom stereocenters. The van der Waals surface area contributed by atoms with Crippen molar-refractivity contribution in [3.63, 3.8) is 0 Å². The normalized spacial score (nSPS) is 40.7. The van der Waals surface area contributed by atoms with Gasteiger partial charge in [0.25, 0.3) is 0 Å². The number of ether oxygens (including phenoxy) is 1. The van der Waals surface area contributed by atoms with Crippen molar-refractivity contribution in [1.82, 2.24) is 0 Å². The molecule has 214 valence electrons. The lowest BCUT2D eigenvalue weighted by molar-refractivity contribution is -0.167. The fraction of sp³-hybridized carbons (Fsp3) is 0.818. The lowest BCUT2D eigenvalue weighted by atomic mass is 9.43. The molecule has 0 radical (unpaired) electrons. The topological polar surface area (TPSA) is 83.8 Å². The van der Waals surface area contributed by atoms with Crippen molar-refractivity contribution in [2.24, 2.45) is 45.3 Å². The largest absolute Gasteiger partial charge is 0.481 e. The summed E-state index contributed by atoms with van der Waals surface area (Å²) < 4.78 is 5.82. The number of aliphatic carboxylic acids is 1. The van der Waals surface area contributed by atoms with Crippen LogP contribution < -0.4 is 0 Å². The number of esters is 1. The Labute approximate surface area is 230 Å². The highest BCUT2D eigenvalue weighted by Gasteiger charge is 2.66. The van der Waals surface area contributed by atoms with Gasteiger partial charge in [0.05, 0.1) is 12.0 Å². The van der Waals surface area contributed by atoms with Gasteiger partial charge in [-0.3, -0.25) is 9.59 Å². The number of carboxylic acid groups (broad SMARTS) is 1. The monoisotopic (exact) mass is 528 g/mol. The van der Waals surface area contributed by atoms with E-state index in [1.165, 1.54) is 12.5 Å². The number of hydrogen-bond acceptors (Lipinski definition) is 4. The number of aliphatic hydroxyl groups is 1. The average molecular weight is 529 g/mol. The zero-order valence-electron chi connectivity index (χ0n) is 25.2. The molecule has 4 aliphatic carbocycles. The predicted octanol–water partition coefficient (Wildman–Crippen LogP) is 7.33. The van der Waals surface area contributed by atoms with Crippen LogP contribution in [0.1, 0.15) is 113 Å². The Bertz CT molecular complexity index is 1020. The summed E-state index contributed by atoms with van der Waals surface area (Å²) in [7, 11) is 0. The van der Waals surface area contributed by atoms with Crippen molar-refractivity contribution in [3.05, 3.63) is 23.3 Å². The van der Waals surface area contributed by atoms with Gasteiger partial charge in [-0.05, 0) is 85.9 Å². The van der Waals surface area contributed by atoms with Gasteiger partial charge < -0.3 is 14.9 Å². The minimum atomic E-state index is -0.780. The van der Waals surface area contributed by atoms with Crippen molar-refractivity contribution in [1.29, 1.82) is 0 Å². The van der Waals surface area contributed by atoms with Crippen LogP contribution in [0.25, 0.3) is 0 Å². The van der Waals surface area contributed by atoms with Crippen molar-refractivity contribution >= 4 is 11.9 Å². The second kappa shape index (κ2) is 9.78. The molecule has 0 aromatic carbocycles. The summed E-state index contributed by atoms with van der Waals surface area (Å²) in [4.78, 5) is 24.5. The van der Waals surface area contributed by atoms with Crippen LogP contribution in [0.2, 0.25) is 0 Å². The van der Waals surface area contributed by atoms with Crippen LogP contribution in [0.5, 0.6) is 0 Å². The number of aliphatic hydroxyl groups excluding tert-OH is 1. The van der Waals surface area contributed by atoms with Gasteiger partial charge in [-0.25, -0.2) is 0 Å². The third kappa shape index (κ3) is 4.30. The van der Waals surface area contributed by atoms with E-state index >= 15 is 0 Å². The van der Waals surface area contributed by atoms with Crippen LogP contribution in [0.4, 0.5) is 0 Å². The average Bonchev–Trinajstić information content (AvgIpc) is 3.01. The highest BCUT2D eigenvalue weighted by molar-refractivity contribution is 5.71. The third-order valence-electron chi connectivity index (χ3n) is 12.4. The number of hydrogen-bond donors (Lipinski definition) is 2. The summed E-state index contributed by atoms with van der Waals surface area (Å²) in [5.74, 6) is -1.05. The SMILES string of the molecule is C=C(CC[C@H](C(=O)O)[C@@H]1[C@@H](O)C[C@]2(C)C3=C(CC[C@@]12C)[C@]1(C)CC[C@@H](OC(C)=O)C(C)(C)[C@H]1CC3)C(C)C. The molecule has 0 saturated heterocycles. The summed E-state index contributed by atoms with van der Waals surface area (Å²) in [5, 5.41) is 22.0. The second-order valence-electron chi connectivity index (χ2n) is 14.8. The molecule has 4 aliphatic rings. The molecule has 2 fully saturated rings. The van der Waals surface area contributed by atoms with E-state index in [-0.39, 0.29) is 39.7 Å². The Balaban J connectivity index is 1.69. The molecule has 0 unspecified atom stereocenters. The quantitative estimate of drug-likeness (QED) is 0.267. The maximum Gasteiger partial charge on any atom is 0.306 e. The molecule has 2 saturated carbocycles. The minimum Gasteiger partial charge on any atom is -0.481 e. The third-order valence-corrected chi connectivity index (χ3v) is 12.4. The van der Waals surface area contributed by atoms with E-state index in [9.17, 15) is 19.8 Å². The first-order valence-corrected chi connectivity index (χ1v) is 15.0. The van der Waals surface area contributed by atoms with Crippen LogP contribution in [-0.2, 0) is 14.3 Å². The first-order valence-electron chi connectivity index (χ1n) is 15.0. The minimum absolute atomic E-state index is 0.0440. The molecule has 0 aliphatic heterocycles. The van der Waals surface area contributed by atoms with Gasteiger partial charge >= 0.3 is 11.9 Å². The number of fused-ring (bicyclic) bond motifs is 4. The molecule has 0 heterocycles. The van der Waals surface area contributed by atoms with Gasteiger partial charge in [0.1, 0.15) is 6.10 Å². The Morgan fingerprint density at radius 2 is 1.71 bits per heavy atom. The summed E-state index contributed by atoms with van der Waals surface area (Å²) >= 11 is 0. The van der Waals surface area contributed by atoms with Crippen molar-refractivity contribution in [3.8, 4) is 0 Å². The molecule has 5 nitrogen and oxygen atoms in total. The molecule has 0 amide bonds. The highest BCUT2D eigenvalue weighted by Crippen LogP contribution is 2.72. The fourth-order valence-electron chi connectivity index (χ4n) is 9.98. The van der Waals surface area contributed by atoms with Crippen molar-refractivity contribution in [2.75, 3.05) is 0 Å². The number of carbonyl (C=O) groups excluding carboxylic acids is 1. The Morgan fingerprint density at radius 1 is 1.05 bits per heavy atom. The molecule has 38 heavy (non-hydrogen) atoms. The second-order valence-corrected chi connectivity index (χ2v) is 14.8. The van der Waals surface area contributed by atoms with Crippen LogP contribution in [-0.4, -0.2) is 34.4 Å². The van der Waals surface area contributed by atoms with E-state index in [4.69, 9.17) is 4.74 Å². The van der Waals surface area contributed by atoms with Gasteiger partial charge in [0.15, 0.2) is 0 Å². The Morgan fingerprint density at radius 3 is 2.29 bits per heavy atom.